The molecule has 1 aromatic heterocycles. The van der Waals surface area contributed by atoms with E-state index in [1.54, 1.807) is 0 Å². The first-order valence-corrected chi connectivity index (χ1v) is 7.29. The Labute approximate surface area is 115 Å². The summed E-state index contributed by atoms with van der Waals surface area (Å²) >= 11 is 0. The standard InChI is InChI=1S/C15H23N3O/c1-11-9-18(10-12(2)19-11)15-6-3-13(8-17-15)7-16-14-4-5-14/h3,6,8,11-12,14,16H,4-5,7,9-10H2,1-2H3/t11-,12+. The number of nitrogens with zero attached hydrogens (tertiary/aromatic N) is 2. The van der Waals surface area contributed by atoms with E-state index in [4.69, 9.17) is 4.74 Å². The van der Waals surface area contributed by atoms with E-state index < -0.39 is 0 Å². The number of hydrogen-bond acceptors (Lipinski definition) is 4. The summed E-state index contributed by atoms with van der Waals surface area (Å²) < 4.78 is 5.75. The van der Waals surface area contributed by atoms with E-state index in [0.717, 1.165) is 31.5 Å². The molecule has 2 aliphatic rings. The van der Waals surface area contributed by atoms with E-state index in [9.17, 15) is 0 Å². The lowest BCUT2D eigenvalue weighted by Gasteiger charge is -2.36. The number of rotatable bonds is 4. The van der Waals surface area contributed by atoms with Crippen LogP contribution in [0.15, 0.2) is 18.3 Å². The van der Waals surface area contributed by atoms with Crippen LogP contribution in [0.4, 0.5) is 5.82 Å². The van der Waals surface area contributed by atoms with Gasteiger partial charge in [-0.1, -0.05) is 6.07 Å². The molecule has 1 aliphatic carbocycles. The van der Waals surface area contributed by atoms with Crippen molar-refractivity contribution in [3.63, 3.8) is 0 Å². The fourth-order valence-corrected chi connectivity index (χ4v) is 2.62. The third-order valence-electron chi connectivity index (χ3n) is 3.72. The number of hydrogen-bond donors (Lipinski definition) is 1. The Bertz CT molecular complexity index is 406. The van der Waals surface area contributed by atoms with Gasteiger partial charge in [-0.2, -0.15) is 0 Å². The maximum atomic E-state index is 5.75. The van der Waals surface area contributed by atoms with Gasteiger partial charge in [-0.25, -0.2) is 4.98 Å². The van der Waals surface area contributed by atoms with Gasteiger partial charge in [0.25, 0.3) is 0 Å². The van der Waals surface area contributed by atoms with Crippen LogP contribution in [0.3, 0.4) is 0 Å². The molecule has 104 valence electrons. The quantitative estimate of drug-likeness (QED) is 0.899. The van der Waals surface area contributed by atoms with Gasteiger partial charge in [0, 0.05) is 31.9 Å². The van der Waals surface area contributed by atoms with Gasteiger partial charge < -0.3 is 15.0 Å². The summed E-state index contributed by atoms with van der Waals surface area (Å²) in [5.74, 6) is 1.07. The van der Waals surface area contributed by atoms with Crippen LogP contribution >= 0.6 is 0 Å². The Balaban J connectivity index is 1.60. The first-order valence-electron chi connectivity index (χ1n) is 7.29. The maximum Gasteiger partial charge on any atom is 0.128 e. The Kier molecular flexibility index (Phi) is 3.71. The molecule has 2 fully saturated rings. The summed E-state index contributed by atoms with van der Waals surface area (Å²) in [4.78, 5) is 6.92. The molecule has 0 radical (unpaired) electrons. The van der Waals surface area contributed by atoms with Crippen molar-refractivity contribution in [1.29, 1.82) is 0 Å². The molecular formula is C15H23N3O. The molecule has 0 amide bonds. The monoisotopic (exact) mass is 261 g/mol. The van der Waals surface area contributed by atoms with Gasteiger partial charge in [-0.05, 0) is 38.3 Å². The van der Waals surface area contributed by atoms with Crippen LogP contribution in [0.5, 0.6) is 0 Å². The molecule has 0 aromatic carbocycles. The van der Waals surface area contributed by atoms with Crippen molar-refractivity contribution < 1.29 is 4.74 Å². The van der Waals surface area contributed by atoms with Crippen molar-refractivity contribution >= 4 is 5.82 Å². The average Bonchev–Trinajstić information content (AvgIpc) is 3.20. The second-order valence-electron chi connectivity index (χ2n) is 5.84. The molecule has 4 nitrogen and oxygen atoms in total. The normalized spacial score (nSPS) is 27.6. The molecule has 1 aliphatic heterocycles. The number of pyridine rings is 1. The summed E-state index contributed by atoms with van der Waals surface area (Å²) in [6, 6.07) is 5.07. The molecular weight excluding hydrogens is 238 g/mol. The minimum absolute atomic E-state index is 0.279. The zero-order chi connectivity index (χ0) is 13.2. The molecule has 4 heteroatoms. The van der Waals surface area contributed by atoms with E-state index in [-0.39, 0.29) is 12.2 Å². The molecule has 2 heterocycles. The lowest BCUT2D eigenvalue weighted by molar-refractivity contribution is -0.00545. The number of aromatic nitrogens is 1. The number of nitrogens with one attached hydrogen (secondary N) is 1. The van der Waals surface area contributed by atoms with Crippen LogP contribution < -0.4 is 10.2 Å². The molecule has 1 saturated carbocycles. The molecule has 1 N–H and O–H groups in total. The number of morpholine rings is 1. The Morgan fingerprint density at radius 1 is 1.26 bits per heavy atom. The van der Waals surface area contributed by atoms with Gasteiger partial charge in [0.15, 0.2) is 0 Å². The number of ether oxygens (including phenoxy) is 1. The van der Waals surface area contributed by atoms with Gasteiger partial charge in [-0.3, -0.25) is 0 Å². The third kappa shape index (κ3) is 3.45. The molecule has 0 spiro atoms. The fraction of sp³-hybridized carbons (Fsp3) is 0.667. The van der Waals surface area contributed by atoms with Gasteiger partial charge in [0.05, 0.1) is 12.2 Å². The SMILES string of the molecule is C[C@@H]1CN(c2ccc(CNC3CC3)cn2)C[C@H](C)O1. The van der Waals surface area contributed by atoms with Crippen LogP contribution in [-0.2, 0) is 11.3 Å². The molecule has 2 atom stereocenters. The van der Waals surface area contributed by atoms with Crippen molar-refractivity contribution in [2.75, 3.05) is 18.0 Å². The Morgan fingerprint density at radius 2 is 2.00 bits per heavy atom. The summed E-state index contributed by atoms with van der Waals surface area (Å²) in [6.07, 6.45) is 5.21. The van der Waals surface area contributed by atoms with Crippen LogP contribution in [0.1, 0.15) is 32.3 Å². The second kappa shape index (κ2) is 5.47. The molecule has 0 unspecified atom stereocenters. The van der Waals surface area contributed by atoms with Gasteiger partial charge in [-0.15, -0.1) is 0 Å². The average molecular weight is 261 g/mol. The van der Waals surface area contributed by atoms with Crippen LogP contribution in [0, 0.1) is 0 Å². The Morgan fingerprint density at radius 3 is 2.58 bits per heavy atom. The Hall–Kier alpha value is -1.13. The molecule has 0 bridgehead atoms. The van der Waals surface area contributed by atoms with Crippen molar-refractivity contribution in [2.24, 2.45) is 0 Å². The second-order valence-corrected chi connectivity index (χ2v) is 5.84. The van der Waals surface area contributed by atoms with Gasteiger partial charge in [0.1, 0.15) is 5.82 Å². The zero-order valence-corrected chi connectivity index (χ0v) is 11.8. The predicted octanol–water partition coefficient (Wildman–Crippen LogP) is 1.95. The van der Waals surface area contributed by atoms with E-state index in [1.165, 1.54) is 18.4 Å². The van der Waals surface area contributed by atoms with Crippen LogP contribution in [-0.4, -0.2) is 36.3 Å². The highest BCUT2D eigenvalue weighted by Gasteiger charge is 2.23. The first kappa shape index (κ1) is 12.9. The van der Waals surface area contributed by atoms with E-state index >= 15 is 0 Å². The maximum absolute atomic E-state index is 5.75. The van der Waals surface area contributed by atoms with Gasteiger partial charge >= 0.3 is 0 Å². The first-order chi connectivity index (χ1) is 9.20. The fourth-order valence-electron chi connectivity index (χ4n) is 2.62. The van der Waals surface area contributed by atoms with Crippen molar-refractivity contribution in [2.45, 2.75) is 51.5 Å². The summed E-state index contributed by atoms with van der Waals surface area (Å²) in [5, 5.41) is 3.51. The van der Waals surface area contributed by atoms with Crippen LogP contribution in [0.25, 0.3) is 0 Å². The zero-order valence-electron chi connectivity index (χ0n) is 11.8. The summed E-state index contributed by atoms with van der Waals surface area (Å²) in [6.45, 7) is 7.04. The number of anilines is 1. The highest BCUT2D eigenvalue weighted by Crippen LogP contribution is 2.20. The van der Waals surface area contributed by atoms with E-state index in [0.29, 0.717) is 0 Å². The highest BCUT2D eigenvalue weighted by molar-refractivity contribution is 5.40. The van der Waals surface area contributed by atoms with E-state index in [2.05, 4.69) is 41.2 Å². The topological polar surface area (TPSA) is 37.4 Å². The van der Waals surface area contributed by atoms with Gasteiger partial charge in [0.2, 0.25) is 0 Å². The molecule has 1 aromatic rings. The molecule has 19 heavy (non-hydrogen) atoms. The minimum atomic E-state index is 0.279. The van der Waals surface area contributed by atoms with Crippen molar-refractivity contribution in [3.8, 4) is 0 Å². The smallest absolute Gasteiger partial charge is 0.128 e. The van der Waals surface area contributed by atoms with Crippen molar-refractivity contribution in [3.05, 3.63) is 23.9 Å². The summed E-state index contributed by atoms with van der Waals surface area (Å²) in [5.41, 5.74) is 1.27. The highest BCUT2D eigenvalue weighted by atomic mass is 16.5. The van der Waals surface area contributed by atoms with Crippen molar-refractivity contribution in [1.82, 2.24) is 10.3 Å². The lowest BCUT2D eigenvalue weighted by atomic mass is 10.2. The largest absolute Gasteiger partial charge is 0.372 e. The molecule has 1 saturated heterocycles. The van der Waals surface area contributed by atoms with Crippen LogP contribution in [0.2, 0.25) is 0 Å². The molecule has 3 rings (SSSR count). The van der Waals surface area contributed by atoms with E-state index in [1.807, 2.05) is 6.20 Å². The minimum Gasteiger partial charge on any atom is -0.372 e. The third-order valence-corrected chi connectivity index (χ3v) is 3.72. The lowest BCUT2D eigenvalue weighted by Crippen LogP contribution is -2.45. The predicted molar refractivity (Wildman–Crippen MR) is 76.3 cm³/mol. The summed E-state index contributed by atoms with van der Waals surface area (Å²) in [7, 11) is 0.